The van der Waals surface area contributed by atoms with Crippen molar-refractivity contribution in [3.8, 4) is 0 Å². The van der Waals surface area contributed by atoms with Gasteiger partial charge >= 0.3 is 5.97 Å². The molecule has 4 nitrogen and oxygen atoms in total. The number of ketones is 1. The van der Waals surface area contributed by atoms with Gasteiger partial charge in [0.25, 0.3) is 0 Å². The maximum atomic E-state index is 11.3. The van der Waals surface area contributed by atoms with Gasteiger partial charge in [-0.05, 0) is 24.1 Å². The van der Waals surface area contributed by atoms with Crippen molar-refractivity contribution in [2.24, 2.45) is 0 Å². The Bertz CT molecular complexity index is 509. The van der Waals surface area contributed by atoms with Gasteiger partial charge in [-0.15, -0.1) is 0 Å². The fourth-order valence-corrected chi connectivity index (χ4v) is 1.57. The molecule has 6 heteroatoms. The third-order valence-electron chi connectivity index (χ3n) is 2.16. The van der Waals surface area contributed by atoms with Crippen LogP contribution in [0.25, 0.3) is 0 Å². The molecule has 0 radical (unpaired) electrons. The predicted octanol–water partition coefficient (Wildman–Crippen LogP) is 3.02. The third kappa shape index (κ3) is 4.39. The topological polar surface area (TPSA) is 74.6 Å². The minimum atomic E-state index is -1.53. The molecule has 0 aromatic heterocycles. The van der Waals surface area contributed by atoms with E-state index in [1.165, 1.54) is 0 Å². The summed E-state index contributed by atoms with van der Waals surface area (Å²) in [5.41, 5.74) is 0.806. The molecule has 0 bridgehead atoms. The van der Waals surface area contributed by atoms with Gasteiger partial charge in [-0.1, -0.05) is 29.3 Å². The molecule has 1 aromatic rings. The van der Waals surface area contributed by atoms with Crippen LogP contribution in [-0.2, 0) is 16.0 Å². The SMILES string of the molecule is O=C(/C=C(\O)C(=O)O)CCc1ccc(Cl)c(Cl)c1. The smallest absolute Gasteiger partial charge is 0.371 e. The number of aliphatic carboxylic acids is 1. The molecule has 0 aliphatic heterocycles. The van der Waals surface area contributed by atoms with Crippen LogP contribution in [0.1, 0.15) is 12.0 Å². The summed E-state index contributed by atoms with van der Waals surface area (Å²) in [5.74, 6) is -2.96. The molecule has 0 aliphatic rings. The van der Waals surface area contributed by atoms with Crippen molar-refractivity contribution in [3.63, 3.8) is 0 Å². The minimum absolute atomic E-state index is 0.0787. The minimum Gasteiger partial charge on any atom is -0.502 e. The van der Waals surface area contributed by atoms with Crippen LogP contribution in [0.4, 0.5) is 0 Å². The molecular formula is C12H10Cl2O4. The van der Waals surface area contributed by atoms with Crippen LogP contribution in [0.2, 0.25) is 10.0 Å². The predicted molar refractivity (Wildman–Crippen MR) is 68.1 cm³/mol. The Morgan fingerprint density at radius 1 is 1.17 bits per heavy atom. The maximum absolute atomic E-state index is 11.3. The van der Waals surface area contributed by atoms with Crippen LogP contribution in [0.5, 0.6) is 0 Å². The van der Waals surface area contributed by atoms with E-state index >= 15 is 0 Å². The maximum Gasteiger partial charge on any atom is 0.371 e. The number of benzene rings is 1. The van der Waals surface area contributed by atoms with Gasteiger partial charge in [0.2, 0.25) is 5.76 Å². The quantitative estimate of drug-likeness (QED) is 0.645. The Morgan fingerprint density at radius 2 is 1.83 bits per heavy atom. The number of carboxylic acids is 1. The molecular weight excluding hydrogens is 279 g/mol. The lowest BCUT2D eigenvalue weighted by atomic mass is 10.1. The van der Waals surface area contributed by atoms with E-state index in [4.69, 9.17) is 33.4 Å². The second-order valence-electron chi connectivity index (χ2n) is 3.55. The monoisotopic (exact) mass is 288 g/mol. The molecule has 18 heavy (non-hydrogen) atoms. The van der Waals surface area contributed by atoms with E-state index in [0.29, 0.717) is 22.5 Å². The van der Waals surface area contributed by atoms with Crippen molar-refractivity contribution >= 4 is 35.0 Å². The molecule has 0 heterocycles. The van der Waals surface area contributed by atoms with Crippen LogP contribution >= 0.6 is 23.2 Å². The lowest BCUT2D eigenvalue weighted by molar-refractivity contribution is -0.135. The Morgan fingerprint density at radius 3 is 2.39 bits per heavy atom. The zero-order valence-corrected chi connectivity index (χ0v) is 10.7. The average molecular weight is 289 g/mol. The first-order chi connectivity index (χ1) is 8.40. The summed E-state index contributed by atoms with van der Waals surface area (Å²) >= 11 is 11.5. The van der Waals surface area contributed by atoms with E-state index < -0.39 is 17.5 Å². The summed E-state index contributed by atoms with van der Waals surface area (Å²) in [6, 6.07) is 4.98. The van der Waals surface area contributed by atoms with E-state index in [1.54, 1.807) is 18.2 Å². The molecule has 1 rings (SSSR count). The van der Waals surface area contributed by atoms with E-state index in [1.807, 2.05) is 0 Å². The van der Waals surface area contributed by atoms with Crippen molar-refractivity contribution < 1.29 is 19.8 Å². The fourth-order valence-electron chi connectivity index (χ4n) is 1.25. The first kappa shape index (κ1) is 14.5. The molecule has 0 unspecified atom stereocenters. The number of carboxylic acid groups (broad SMARTS) is 1. The summed E-state index contributed by atoms with van der Waals surface area (Å²) in [5, 5.41) is 18.1. The highest BCUT2D eigenvalue weighted by Gasteiger charge is 2.08. The number of hydrogen-bond acceptors (Lipinski definition) is 3. The van der Waals surface area contributed by atoms with Crippen LogP contribution in [0, 0.1) is 0 Å². The molecule has 0 aliphatic carbocycles. The molecule has 96 valence electrons. The van der Waals surface area contributed by atoms with Gasteiger partial charge in [0.1, 0.15) is 0 Å². The molecule has 1 aromatic carbocycles. The number of allylic oxidation sites excluding steroid dienone is 1. The number of halogens is 2. The summed E-state index contributed by atoms with van der Waals surface area (Å²) in [4.78, 5) is 21.6. The van der Waals surface area contributed by atoms with Crippen LogP contribution < -0.4 is 0 Å². The van der Waals surface area contributed by atoms with E-state index in [0.717, 1.165) is 5.56 Å². The molecule has 0 amide bonds. The molecule has 0 saturated carbocycles. The standard InChI is InChI=1S/C12H10Cl2O4/c13-9-4-2-7(5-10(9)14)1-3-8(15)6-11(16)12(17)18/h2,4-6,16H,1,3H2,(H,17,18)/b11-6-. The zero-order valence-electron chi connectivity index (χ0n) is 9.19. The number of hydrogen-bond donors (Lipinski definition) is 2. The summed E-state index contributed by atoms with van der Waals surface area (Å²) < 4.78 is 0. The first-order valence-electron chi connectivity index (χ1n) is 5.01. The Balaban J connectivity index is 2.60. The first-order valence-corrected chi connectivity index (χ1v) is 5.76. The van der Waals surface area contributed by atoms with Gasteiger partial charge < -0.3 is 10.2 Å². The molecule has 0 fully saturated rings. The van der Waals surface area contributed by atoms with E-state index in [-0.39, 0.29) is 6.42 Å². The van der Waals surface area contributed by atoms with Gasteiger partial charge in [0.15, 0.2) is 5.78 Å². The zero-order chi connectivity index (χ0) is 13.7. The van der Waals surface area contributed by atoms with Gasteiger partial charge in [-0.2, -0.15) is 0 Å². The number of aliphatic hydroxyl groups excluding tert-OH is 1. The van der Waals surface area contributed by atoms with Crippen LogP contribution in [0.3, 0.4) is 0 Å². The number of carbonyl (C=O) groups is 2. The van der Waals surface area contributed by atoms with Gasteiger partial charge in [0.05, 0.1) is 10.0 Å². The van der Waals surface area contributed by atoms with Crippen LogP contribution in [-0.4, -0.2) is 22.0 Å². The number of aliphatic hydroxyl groups is 1. The fraction of sp³-hybridized carbons (Fsp3) is 0.167. The van der Waals surface area contributed by atoms with E-state index in [2.05, 4.69) is 0 Å². The number of aryl methyl sites for hydroxylation is 1. The lowest BCUT2D eigenvalue weighted by Crippen LogP contribution is -2.04. The van der Waals surface area contributed by atoms with Crippen LogP contribution in [0.15, 0.2) is 30.0 Å². The van der Waals surface area contributed by atoms with Crippen molar-refractivity contribution in [1.29, 1.82) is 0 Å². The Kier molecular flexibility index (Phi) is 5.19. The molecule has 2 N–H and O–H groups in total. The lowest BCUT2D eigenvalue weighted by Gasteiger charge is -2.01. The van der Waals surface area contributed by atoms with Gasteiger partial charge in [-0.3, -0.25) is 4.79 Å². The van der Waals surface area contributed by atoms with Crippen molar-refractivity contribution in [3.05, 3.63) is 45.6 Å². The van der Waals surface area contributed by atoms with Gasteiger partial charge in [0, 0.05) is 12.5 Å². The summed E-state index contributed by atoms with van der Waals surface area (Å²) in [6.07, 6.45) is 1.16. The Hall–Kier alpha value is -1.52. The largest absolute Gasteiger partial charge is 0.502 e. The summed E-state index contributed by atoms with van der Waals surface area (Å²) in [7, 11) is 0. The van der Waals surface area contributed by atoms with Gasteiger partial charge in [-0.25, -0.2) is 4.79 Å². The normalized spacial score (nSPS) is 11.3. The second-order valence-corrected chi connectivity index (χ2v) is 4.36. The number of carbonyl (C=O) groups excluding carboxylic acids is 1. The highest BCUT2D eigenvalue weighted by Crippen LogP contribution is 2.23. The van der Waals surface area contributed by atoms with Crippen molar-refractivity contribution in [2.75, 3.05) is 0 Å². The number of rotatable bonds is 5. The van der Waals surface area contributed by atoms with Crippen molar-refractivity contribution in [2.45, 2.75) is 12.8 Å². The highest BCUT2D eigenvalue weighted by atomic mass is 35.5. The summed E-state index contributed by atoms with van der Waals surface area (Å²) in [6.45, 7) is 0. The van der Waals surface area contributed by atoms with E-state index in [9.17, 15) is 9.59 Å². The highest BCUT2D eigenvalue weighted by molar-refractivity contribution is 6.42. The Labute approximate surface area is 113 Å². The second kappa shape index (κ2) is 6.42. The average Bonchev–Trinajstić information content (AvgIpc) is 2.30. The molecule has 0 atom stereocenters. The van der Waals surface area contributed by atoms with Crippen molar-refractivity contribution in [1.82, 2.24) is 0 Å². The molecule has 0 saturated heterocycles. The molecule has 0 spiro atoms. The third-order valence-corrected chi connectivity index (χ3v) is 2.90.